The lowest BCUT2D eigenvalue weighted by Crippen LogP contribution is -2.25. The van der Waals surface area contributed by atoms with E-state index in [9.17, 15) is 4.79 Å². The van der Waals surface area contributed by atoms with Crippen LogP contribution in [0.3, 0.4) is 0 Å². The number of carboxylic acid groups (broad SMARTS) is 1. The second-order valence-corrected chi connectivity index (χ2v) is 4.26. The summed E-state index contributed by atoms with van der Waals surface area (Å²) in [6.45, 7) is 1.14. The summed E-state index contributed by atoms with van der Waals surface area (Å²) in [7, 11) is 0. The molecule has 1 aromatic carbocycles. The molecule has 0 aliphatic rings. The number of pyridine rings is 1. The third-order valence-corrected chi connectivity index (χ3v) is 2.81. The average Bonchev–Trinajstić information content (AvgIpc) is 2.45. The second-order valence-electron chi connectivity index (χ2n) is 4.26. The van der Waals surface area contributed by atoms with Crippen molar-refractivity contribution in [2.45, 2.75) is 13.0 Å². The predicted octanol–water partition coefficient (Wildman–Crippen LogP) is 2.56. The number of carboxylic acids is 1. The lowest BCUT2D eigenvalue weighted by molar-refractivity contribution is -0.136. The van der Waals surface area contributed by atoms with E-state index in [2.05, 4.69) is 4.98 Å². The van der Waals surface area contributed by atoms with E-state index < -0.39 is 5.97 Å². The summed E-state index contributed by atoms with van der Waals surface area (Å²) in [5.41, 5.74) is 2.09. The fourth-order valence-corrected chi connectivity index (χ4v) is 1.88. The first-order chi connectivity index (χ1) is 9.25. The molecule has 0 saturated heterocycles. The zero-order valence-electron chi connectivity index (χ0n) is 10.6. The van der Waals surface area contributed by atoms with Gasteiger partial charge in [-0.15, -0.1) is 0 Å². The summed E-state index contributed by atoms with van der Waals surface area (Å²) in [6.07, 6.45) is 3.65. The van der Waals surface area contributed by atoms with Gasteiger partial charge < -0.3 is 10.0 Å². The van der Waals surface area contributed by atoms with Crippen LogP contribution < -0.4 is 4.90 Å². The van der Waals surface area contributed by atoms with E-state index in [4.69, 9.17) is 5.11 Å². The lowest BCUT2D eigenvalue weighted by Gasteiger charge is -2.24. The molecule has 19 heavy (non-hydrogen) atoms. The number of aromatic nitrogens is 1. The standard InChI is InChI=1S/C15H16N2O2/c18-15(19)8-10-17(14-6-2-1-3-7-14)12-13-5-4-9-16-11-13/h1-7,9,11H,8,10,12H2,(H,18,19). The van der Waals surface area contributed by atoms with Gasteiger partial charge in [0.2, 0.25) is 0 Å². The number of anilines is 1. The Bertz CT molecular complexity index is 514. The van der Waals surface area contributed by atoms with Crippen LogP contribution in [0.1, 0.15) is 12.0 Å². The van der Waals surface area contributed by atoms with Crippen molar-refractivity contribution in [3.8, 4) is 0 Å². The molecule has 0 bridgehead atoms. The molecule has 0 spiro atoms. The monoisotopic (exact) mass is 256 g/mol. The zero-order chi connectivity index (χ0) is 13.5. The van der Waals surface area contributed by atoms with Gasteiger partial charge in [-0.3, -0.25) is 9.78 Å². The van der Waals surface area contributed by atoms with Gasteiger partial charge in [0, 0.05) is 31.2 Å². The van der Waals surface area contributed by atoms with Crippen molar-refractivity contribution in [2.24, 2.45) is 0 Å². The Morgan fingerprint density at radius 1 is 1.16 bits per heavy atom. The highest BCUT2D eigenvalue weighted by Gasteiger charge is 2.09. The van der Waals surface area contributed by atoms with Gasteiger partial charge in [-0.1, -0.05) is 24.3 Å². The van der Waals surface area contributed by atoms with Gasteiger partial charge in [0.1, 0.15) is 0 Å². The molecule has 98 valence electrons. The molecule has 2 rings (SSSR count). The number of benzene rings is 1. The van der Waals surface area contributed by atoms with Crippen molar-refractivity contribution in [3.63, 3.8) is 0 Å². The summed E-state index contributed by atoms with van der Waals surface area (Å²) < 4.78 is 0. The molecule has 0 aliphatic carbocycles. The average molecular weight is 256 g/mol. The van der Waals surface area contributed by atoms with Crippen LogP contribution >= 0.6 is 0 Å². The summed E-state index contributed by atoms with van der Waals surface area (Å²) in [5.74, 6) is -0.785. The topological polar surface area (TPSA) is 53.4 Å². The van der Waals surface area contributed by atoms with E-state index in [1.165, 1.54) is 0 Å². The van der Waals surface area contributed by atoms with Gasteiger partial charge in [0.05, 0.1) is 6.42 Å². The summed E-state index contributed by atoms with van der Waals surface area (Å²) in [4.78, 5) is 16.9. The SMILES string of the molecule is O=C(O)CCN(Cc1cccnc1)c1ccccc1. The normalized spacial score (nSPS) is 10.1. The van der Waals surface area contributed by atoms with E-state index in [0.717, 1.165) is 11.3 Å². The molecule has 1 N–H and O–H groups in total. The van der Waals surface area contributed by atoms with Crippen molar-refractivity contribution < 1.29 is 9.90 Å². The minimum absolute atomic E-state index is 0.120. The highest BCUT2D eigenvalue weighted by molar-refractivity contribution is 5.67. The minimum Gasteiger partial charge on any atom is -0.481 e. The van der Waals surface area contributed by atoms with Gasteiger partial charge in [-0.25, -0.2) is 0 Å². The molecular weight excluding hydrogens is 240 g/mol. The molecule has 0 saturated carbocycles. The Balaban J connectivity index is 2.12. The fraction of sp³-hybridized carbons (Fsp3) is 0.200. The Morgan fingerprint density at radius 3 is 2.58 bits per heavy atom. The van der Waals surface area contributed by atoms with Crippen molar-refractivity contribution in [1.29, 1.82) is 0 Å². The minimum atomic E-state index is -0.785. The van der Waals surface area contributed by atoms with Crippen LogP contribution in [0.2, 0.25) is 0 Å². The first-order valence-corrected chi connectivity index (χ1v) is 6.16. The number of hydrogen-bond acceptors (Lipinski definition) is 3. The highest BCUT2D eigenvalue weighted by atomic mass is 16.4. The maximum atomic E-state index is 10.7. The zero-order valence-corrected chi connectivity index (χ0v) is 10.6. The van der Waals surface area contributed by atoms with Gasteiger partial charge in [0.25, 0.3) is 0 Å². The van der Waals surface area contributed by atoms with Crippen molar-refractivity contribution in [3.05, 3.63) is 60.4 Å². The summed E-state index contributed by atoms with van der Waals surface area (Å²) >= 11 is 0. The first kappa shape index (κ1) is 13.1. The fourth-order valence-electron chi connectivity index (χ4n) is 1.88. The van der Waals surface area contributed by atoms with Crippen LogP contribution in [0.4, 0.5) is 5.69 Å². The third kappa shape index (κ3) is 4.10. The van der Waals surface area contributed by atoms with Crippen LogP contribution in [0.15, 0.2) is 54.9 Å². The maximum absolute atomic E-state index is 10.7. The molecule has 1 aromatic heterocycles. The summed E-state index contributed by atoms with van der Waals surface area (Å²) in [5, 5.41) is 8.84. The maximum Gasteiger partial charge on any atom is 0.305 e. The molecule has 0 aliphatic heterocycles. The number of aliphatic carboxylic acids is 1. The molecule has 0 radical (unpaired) electrons. The van der Waals surface area contributed by atoms with Crippen LogP contribution in [0.5, 0.6) is 0 Å². The number of carbonyl (C=O) groups is 1. The molecule has 0 fully saturated rings. The number of hydrogen-bond donors (Lipinski definition) is 1. The molecule has 0 amide bonds. The Kier molecular flexibility index (Phi) is 4.50. The van der Waals surface area contributed by atoms with Gasteiger partial charge in [-0.05, 0) is 23.8 Å². The molecule has 0 unspecified atom stereocenters. The molecule has 4 heteroatoms. The Hall–Kier alpha value is -2.36. The van der Waals surface area contributed by atoms with E-state index in [0.29, 0.717) is 13.1 Å². The van der Waals surface area contributed by atoms with E-state index >= 15 is 0 Å². The van der Waals surface area contributed by atoms with Gasteiger partial charge >= 0.3 is 5.97 Å². The quantitative estimate of drug-likeness (QED) is 0.863. The predicted molar refractivity (Wildman–Crippen MR) is 74.0 cm³/mol. The second kappa shape index (κ2) is 6.54. The largest absolute Gasteiger partial charge is 0.481 e. The molecule has 4 nitrogen and oxygen atoms in total. The number of nitrogens with zero attached hydrogens (tertiary/aromatic N) is 2. The van der Waals surface area contributed by atoms with E-state index in [1.807, 2.05) is 47.4 Å². The highest BCUT2D eigenvalue weighted by Crippen LogP contribution is 2.16. The van der Waals surface area contributed by atoms with Gasteiger partial charge in [0.15, 0.2) is 0 Å². The summed E-state index contributed by atoms with van der Waals surface area (Å²) in [6, 6.07) is 13.7. The van der Waals surface area contributed by atoms with Crippen molar-refractivity contribution >= 4 is 11.7 Å². The van der Waals surface area contributed by atoms with E-state index in [1.54, 1.807) is 12.4 Å². The Morgan fingerprint density at radius 2 is 1.95 bits per heavy atom. The van der Waals surface area contributed by atoms with Crippen LogP contribution in [0.25, 0.3) is 0 Å². The van der Waals surface area contributed by atoms with E-state index in [-0.39, 0.29) is 6.42 Å². The number of para-hydroxylation sites is 1. The number of rotatable bonds is 6. The first-order valence-electron chi connectivity index (χ1n) is 6.16. The molecular formula is C15H16N2O2. The van der Waals surface area contributed by atoms with Crippen LogP contribution in [-0.2, 0) is 11.3 Å². The third-order valence-electron chi connectivity index (χ3n) is 2.81. The molecule has 2 aromatic rings. The van der Waals surface area contributed by atoms with Crippen molar-refractivity contribution in [1.82, 2.24) is 4.98 Å². The van der Waals surface area contributed by atoms with Crippen LogP contribution in [0, 0.1) is 0 Å². The van der Waals surface area contributed by atoms with Crippen LogP contribution in [-0.4, -0.2) is 22.6 Å². The smallest absolute Gasteiger partial charge is 0.305 e. The van der Waals surface area contributed by atoms with Gasteiger partial charge in [-0.2, -0.15) is 0 Å². The van der Waals surface area contributed by atoms with Crippen molar-refractivity contribution in [2.75, 3.05) is 11.4 Å². The molecule has 0 atom stereocenters. The lowest BCUT2D eigenvalue weighted by atomic mass is 10.2. The Labute approximate surface area is 112 Å². The molecule has 1 heterocycles.